The summed E-state index contributed by atoms with van der Waals surface area (Å²) in [5.41, 5.74) is 2.07. The van der Waals surface area contributed by atoms with Gasteiger partial charge in [-0.2, -0.15) is 0 Å². The number of anilines is 1. The minimum Gasteiger partial charge on any atom is -0.325 e. The van der Waals surface area contributed by atoms with Crippen LogP contribution in [0.5, 0.6) is 0 Å². The van der Waals surface area contributed by atoms with E-state index in [9.17, 15) is 9.59 Å². The summed E-state index contributed by atoms with van der Waals surface area (Å²) in [6.07, 6.45) is 6.16. The van der Waals surface area contributed by atoms with Crippen molar-refractivity contribution in [3.8, 4) is 0 Å². The Balaban J connectivity index is 1.52. The van der Waals surface area contributed by atoms with Crippen LogP contribution in [0.1, 0.15) is 32.1 Å². The molecule has 2 fully saturated rings. The fraction of sp³-hybridized carbons (Fsp3) is 0.474. The molecule has 5 nitrogen and oxygen atoms in total. The van der Waals surface area contributed by atoms with Gasteiger partial charge >= 0.3 is 6.03 Å². The van der Waals surface area contributed by atoms with Gasteiger partial charge in [-0.15, -0.1) is 0 Å². The summed E-state index contributed by atoms with van der Waals surface area (Å²) in [5.74, 6) is 0. The van der Waals surface area contributed by atoms with E-state index in [1.165, 1.54) is 19.3 Å². The number of pyridine rings is 1. The lowest BCUT2D eigenvalue weighted by molar-refractivity contribution is 0.213. The molecule has 2 heterocycles. The third-order valence-corrected chi connectivity index (χ3v) is 5.67. The number of aryl methyl sites for hydroxylation is 1. The summed E-state index contributed by atoms with van der Waals surface area (Å²) in [4.78, 5) is 26.3. The van der Waals surface area contributed by atoms with Crippen LogP contribution in [0, 0.1) is 5.41 Å². The van der Waals surface area contributed by atoms with E-state index >= 15 is 0 Å². The number of fused-ring (bicyclic) bond motifs is 1. The van der Waals surface area contributed by atoms with Gasteiger partial charge in [0.15, 0.2) is 0 Å². The Bertz CT molecular complexity index is 851. The van der Waals surface area contributed by atoms with E-state index in [0.717, 1.165) is 42.5 Å². The molecule has 1 saturated carbocycles. The third kappa shape index (κ3) is 2.79. The number of carbonyl (C=O) groups is 1. The summed E-state index contributed by atoms with van der Waals surface area (Å²) in [7, 11) is 1.75. The van der Waals surface area contributed by atoms with E-state index < -0.39 is 0 Å². The molecule has 126 valence electrons. The van der Waals surface area contributed by atoms with E-state index in [1.807, 2.05) is 29.2 Å². The summed E-state index contributed by atoms with van der Waals surface area (Å²) >= 11 is 0. The van der Waals surface area contributed by atoms with Crippen molar-refractivity contribution >= 4 is 22.6 Å². The average Bonchev–Trinajstić information content (AvgIpc) is 3.38. The monoisotopic (exact) mass is 325 g/mol. The highest BCUT2D eigenvalue weighted by molar-refractivity contribution is 5.92. The number of carbonyl (C=O) groups excluding carboxylic acids is 1. The van der Waals surface area contributed by atoms with E-state index in [0.29, 0.717) is 5.41 Å². The molecular weight excluding hydrogens is 302 g/mol. The molecule has 0 unspecified atom stereocenters. The summed E-state index contributed by atoms with van der Waals surface area (Å²) in [5, 5.41) is 3.98. The third-order valence-electron chi connectivity index (χ3n) is 5.67. The minimum atomic E-state index is -0.0479. The first-order chi connectivity index (χ1) is 11.6. The van der Waals surface area contributed by atoms with Gasteiger partial charge in [-0.05, 0) is 61.1 Å². The second-order valence-electron chi connectivity index (χ2n) is 7.27. The second kappa shape index (κ2) is 5.65. The van der Waals surface area contributed by atoms with Crippen LogP contribution in [0.3, 0.4) is 0 Å². The van der Waals surface area contributed by atoms with Crippen LogP contribution in [0.15, 0.2) is 35.1 Å². The van der Waals surface area contributed by atoms with Crippen LogP contribution in [0.25, 0.3) is 10.9 Å². The molecule has 2 amide bonds. The topological polar surface area (TPSA) is 54.3 Å². The first-order valence-electron chi connectivity index (χ1n) is 8.72. The van der Waals surface area contributed by atoms with Gasteiger partial charge in [0.05, 0.1) is 5.52 Å². The number of nitrogens with one attached hydrogen (secondary N) is 1. The van der Waals surface area contributed by atoms with Gasteiger partial charge in [0.1, 0.15) is 0 Å². The van der Waals surface area contributed by atoms with Crippen molar-refractivity contribution in [1.82, 2.24) is 9.47 Å². The number of benzene rings is 1. The highest BCUT2D eigenvalue weighted by Gasteiger charge is 2.43. The zero-order valence-electron chi connectivity index (χ0n) is 14.0. The lowest BCUT2D eigenvalue weighted by atomic mass is 9.98. The standard InChI is InChI=1S/C19H23N3O2/c1-21-16-13-15(5-3-14(16)4-6-17(21)23)20-18(24)22-11-2-7-19(8-9-19)10-12-22/h3-6,13H,2,7-12H2,1H3,(H,20,24). The molecule has 0 bridgehead atoms. The Kier molecular flexibility index (Phi) is 3.59. The van der Waals surface area contributed by atoms with Gasteiger partial charge in [0, 0.05) is 31.9 Å². The van der Waals surface area contributed by atoms with Crippen molar-refractivity contribution < 1.29 is 4.79 Å². The van der Waals surface area contributed by atoms with E-state index in [2.05, 4.69) is 5.32 Å². The number of rotatable bonds is 1. The quantitative estimate of drug-likeness (QED) is 0.874. The summed E-state index contributed by atoms with van der Waals surface area (Å²) in [6, 6.07) is 9.04. The number of likely N-dealkylation sites (tertiary alicyclic amines) is 1. The van der Waals surface area contributed by atoms with Crippen LogP contribution in [0.4, 0.5) is 10.5 Å². The Morgan fingerprint density at radius 3 is 2.67 bits per heavy atom. The van der Waals surface area contributed by atoms with Crippen LogP contribution in [0.2, 0.25) is 0 Å². The lowest BCUT2D eigenvalue weighted by Crippen LogP contribution is -2.35. The van der Waals surface area contributed by atoms with Gasteiger partial charge in [0.2, 0.25) is 0 Å². The average molecular weight is 325 g/mol. The maximum Gasteiger partial charge on any atom is 0.321 e. The predicted molar refractivity (Wildman–Crippen MR) is 95.3 cm³/mol. The molecule has 0 radical (unpaired) electrons. The van der Waals surface area contributed by atoms with Crippen LogP contribution >= 0.6 is 0 Å². The normalized spacial score (nSPS) is 19.3. The fourth-order valence-corrected chi connectivity index (χ4v) is 3.78. The van der Waals surface area contributed by atoms with Crippen LogP contribution in [-0.4, -0.2) is 28.6 Å². The lowest BCUT2D eigenvalue weighted by Gasteiger charge is -2.21. The van der Waals surface area contributed by atoms with Crippen LogP contribution < -0.4 is 10.9 Å². The van der Waals surface area contributed by atoms with Crippen LogP contribution in [-0.2, 0) is 7.05 Å². The fourth-order valence-electron chi connectivity index (χ4n) is 3.78. The molecule has 2 aromatic rings. The number of hydrogen-bond acceptors (Lipinski definition) is 2. The van der Waals surface area contributed by atoms with Gasteiger partial charge < -0.3 is 14.8 Å². The van der Waals surface area contributed by atoms with E-state index in [-0.39, 0.29) is 11.6 Å². The Hall–Kier alpha value is -2.30. The molecule has 1 aromatic carbocycles. The van der Waals surface area contributed by atoms with Crippen molar-refractivity contribution in [2.75, 3.05) is 18.4 Å². The predicted octanol–water partition coefficient (Wildman–Crippen LogP) is 3.34. The molecule has 1 saturated heterocycles. The number of urea groups is 1. The van der Waals surface area contributed by atoms with E-state index in [1.54, 1.807) is 17.7 Å². The Morgan fingerprint density at radius 1 is 1.08 bits per heavy atom. The highest BCUT2D eigenvalue weighted by Crippen LogP contribution is 2.53. The van der Waals surface area contributed by atoms with E-state index in [4.69, 9.17) is 0 Å². The Morgan fingerprint density at radius 2 is 1.88 bits per heavy atom. The smallest absolute Gasteiger partial charge is 0.321 e. The molecule has 0 atom stereocenters. The molecule has 1 N–H and O–H groups in total. The number of amides is 2. The molecule has 1 spiro atoms. The van der Waals surface area contributed by atoms with Gasteiger partial charge in [-0.25, -0.2) is 4.79 Å². The molecule has 5 heteroatoms. The Labute approximate surface area is 141 Å². The highest BCUT2D eigenvalue weighted by atomic mass is 16.2. The van der Waals surface area contributed by atoms with Crippen molar-refractivity contribution in [3.63, 3.8) is 0 Å². The van der Waals surface area contributed by atoms with Crippen molar-refractivity contribution in [1.29, 1.82) is 0 Å². The number of nitrogens with zero attached hydrogens (tertiary/aromatic N) is 2. The molecule has 2 aliphatic rings. The summed E-state index contributed by atoms with van der Waals surface area (Å²) in [6.45, 7) is 1.68. The molecule has 1 aromatic heterocycles. The number of aromatic nitrogens is 1. The minimum absolute atomic E-state index is 0.0343. The summed E-state index contributed by atoms with van der Waals surface area (Å²) < 4.78 is 1.60. The zero-order chi connectivity index (χ0) is 16.7. The van der Waals surface area contributed by atoms with Crippen molar-refractivity contribution in [3.05, 3.63) is 40.7 Å². The van der Waals surface area contributed by atoms with Crippen molar-refractivity contribution in [2.45, 2.75) is 32.1 Å². The van der Waals surface area contributed by atoms with Gasteiger partial charge in [-0.3, -0.25) is 4.79 Å². The van der Waals surface area contributed by atoms with Crippen molar-refractivity contribution in [2.24, 2.45) is 12.5 Å². The van der Waals surface area contributed by atoms with Gasteiger partial charge in [0.25, 0.3) is 5.56 Å². The zero-order valence-corrected chi connectivity index (χ0v) is 14.0. The number of hydrogen-bond donors (Lipinski definition) is 1. The van der Waals surface area contributed by atoms with Gasteiger partial charge in [-0.1, -0.05) is 6.07 Å². The molecular formula is C19H23N3O2. The first kappa shape index (κ1) is 15.2. The largest absolute Gasteiger partial charge is 0.325 e. The maximum atomic E-state index is 12.6. The maximum absolute atomic E-state index is 12.6. The molecule has 4 rings (SSSR count). The molecule has 1 aliphatic heterocycles. The molecule has 24 heavy (non-hydrogen) atoms. The SMILES string of the molecule is Cn1c(=O)ccc2ccc(NC(=O)N3CCCC4(CC3)CC4)cc21. The first-order valence-corrected chi connectivity index (χ1v) is 8.72. The molecule has 1 aliphatic carbocycles. The second-order valence-corrected chi connectivity index (χ2v) is 7.27.